The maximum Gasteiger partial charge on any atom is 0.129 e. The van der Waals surface area contributed by atoms with Gasteiger partial charge < -0.3 is 10.6 Å². The molecule has 0 aromatic carbocycles. The molecule has 2 rings (SSSR count). The number of anilines is 1. The molecule has 1 aromatic rings. The molecule has 2 N–H and O–H groups in total. The second kappa shape index (κ2) is 4.86. The van der Waals surface area contributed by atoms with Crippen molar-refractivity contribution >= 4 is 17.6 Å². The fourth-order valence-electron chi connectivity index (χ4n) is 1.81. The van der Waals surface area contributed by atoms with Gasteiger partial charge in [-0.15, -0.1) is 0 Å². The van der Waals surface area contributed by atoms with Gasteiger partial charge in [-0.25, -0.2) is 4.98 Å². The second-order valence-electron chi connectivity index (χ2n) is 3.81. The predicted molar refractivity (Wildman–Crippen MR) is 66.3 cm³/mol. The number of thioether (sulfide) groups is 1. The summed E-state index contributed by atoms with van der Waals surface area (Å²) < 4.78 is 0. The van der Waals surface area contributed by atoms with Crippen molar-refractivity contribution in [2.75, 3.05) is 23.0 Å². The van der Waals surface area contributed by atoms with Crippen LogP contribution in [0.25, 0.3) is 0 Å². The Hall–Kier alpha value is -0.740. The number of aromatic nitrogens is 1. The molecule has 0 amide bonds. The summed E-state index contributed by atoms with van der Waals surface area (Å²) in [4.78, 5) is 6.93. The minimum atomic E-state index is 0.519. The summed E-state index contributed by atoms with van der Waals surface area (Å²) in [5.74, 6) is 3.46. The van der Waals surface area contributed by atoms with E-state index in [1.165, 1.54) is 11.5 Å². The van der Waals surface area contributed by atoms with Crippen molar-refractivity contribution in [1.29, 1.82) is 0 Å². The van der Waals surface area contributed by atoms with Gasteiger partial charge in [0.15, 0.2) is 0 Å². The van der Waals surface area contributed by atoms with Gasteiger partial charge in [-0.3, -0.25) is 0 Å². The molecule has 1 fully saturated rings. The molecular weight excluding hydrogens is 206 g/mol. The smallest absolute Gasteiger partial charge is 0.129 e. The third-order valence-electron chi connectivity index (χ3n) is 2.66. The maximum atomic E-state index is 5.60. The first kappa shape index (κ1) is 10.8. The van der Waals surface area contributed by atoms with Crippen LogP contribution in [-0.2, 0) is 6.54 Å². The number of nitrogens with zero attached hydrogens (tertiary/aromatic N) is 2. The fraction of sp³-hybridized carbons (Fsp3) is 0.545. The quantitative estimate of drug-likeness (QED) is 0.824. The summed E-state index contributed by atoms with van der Waals surface area (Å²) in [6.07, 6.45) is 0. The van der Waals surface area contributed by atoms with Crippen molar-refractivity contribution in [3.8, 4) is 0 Å². The van der Waals surface area contributed by atoms with Crippen LogP contribution in [0.4, 0.5) is 5.82 Å². The molecule has 1 aromatic heterocycles. The zero-order valence-electron chi connectivity index (χ0n) is 9.02. The van der Waals surface area contributed by atoms with E-state index in [-0.39, 0.29) is 0 Å². The summed E-state index contributed by atoms with van der Waals surface area (Å²) >= 11 is 2.02. The van der Waals surface area contributed by atoms with E-state index in [9.17, 15) is 0 Å². The monoisotopic (exact) mass is 223 g/mol. The van der Waals surface area contributed by atoms with Gasteiger partial charge in [0.25, 0.3) is 0 Å². The molecule has 1 unspecified atom stereocenters. The zero-order chi connectivity index (χ0) is 10.7. The molecule has 4 heteroatoms. The normalized spacial score (nSPS) is 21.7. The zero-order valence-corrected chi connectivity index (χ0v) is 9.83. The van der Waals surface area contributed by atoms with E-state index >= 15 is 0 Å². The number of rotatable bonds is 2. The minimum absolute atomic E-state index is 0.519. The number of hydrogen-bond donors (Lipinski definition) is 1. The molecule has 2 heterocycles. The van der Waals surface area contributed by atoms with Crippen LogP contribution in [0.15, 0.2) is 18.2 Å². The summed E-state index contributed by atoms with van der Waals surface area (Å²) in [5.41, 5.74) is 6.57. The third kappa shape index (κ3) is 2.44. The Bertz CT molecular complexity index is 329. The van der Waals surface area contributed by atoms with Gasteiger partial charge in [0, 0.05) is 30.6 Å². The standard InChI is InChI=1S/C11H17N3S/c1-9-8-15-6-5-14(9)11-4-2-3-10(7-12)13-11/h2-4,9H,5-8,12H2,1H3. The summed E-state index contributed by atoms with van der Waals surface area (Å²) in [7, 11) is 0. The Morgan fingerprint density at radius 3 is 3.20 bits per heavy atom. The van der Waals surface area contributed by atoms with Crippen LogP contribution < -0.4 is 10.6 Å². The summed E-state index contributed by atoms with van der Waals surface area (Å²) in [6, 6.07) is 6.67. The summed E-state index contributed by atoms with van der Waals surface area (Å²) in [5, 5.41) is 0. The lowest BCUT2D eigenvalue weighted by Gasteiger charge is -2.34. The SMILES string of the molecule is CC1CSCCN1c1cccc(CN)n1. The van der Waals surface area contributed by atoms with Crippen LogP contribution in [0.1, 0.15) is 12.6 Å². The third-order valence-corrected chi connectivity index (χ3v) is 3.85. The molecule has 1 atom stereocenters. The fourth-order valence-corrected chi connectivity index (χ4v) is 2.82. The Labute approximate surface area is 95.1 Å². The van der Waals surface area contributed by atoms with Crippen molar-refractivity contribution in [1.82, 2.24) is 4.98 Å². The molecule has 0 bridgehead atoms. The van der Waals surface area contributed by atoms with Crippen molar-refractivity contribution < 1.29 is 0 Å². The number of hydrogen-bond acceptors (Lipinski definition) is 4. The van der Waals surface area contributed by atoms with E-state index in [1.54, 1.807) is 0 Å². The highest BCUT2D eigenvalue weighted by Crippen LogP contribution is 2.22. The maximum absolute atomic E-state index is 5.60. The van der Waals surface area contributed by atoms with Crippen molar-refractivity contribution in [2.45, 2.75) is 19.5 Å². The predicted octanol–water partition coefficient (Wildman–Crippen LogP) is 1.48. The van der Waals surface area contributed by atoms with E-state index in [2.05, 4.69) is 22.9 Å². The average Bonchev–Trinajstić information content (AvgIpc) is 2.30. The van der Waals surface area contributed by atoms with Crippen LogP contribution in [0.3, 0.4) is 0 Å². The Balaban J connectivity index is 2.19. The molecule has 1 aliphatic rings. The first-order valence-corrected chi connectivity index (χ1v) is 6.47. The Morgan fingerprint density at radius 1 is 1.60 bits per heavy atom. The van der Waals surface area contributed by atoms with Gasteiger partial charge in [-0.1, -0.05) is 6.07 Å². The van der Waals surface area contributed by atoms with Gasteiger partial charge in [-0.2, -0.15) is 11.8 Å². The second-order valence-corrected chi connectivity index (χ2v) is 4.96. The highest BCUT2D eigenvalue weighted by molar-refractivity contribution is 7.99. The Kier molecular flexibility index (Phi) is 3.49. The minimum Gasteiger partial charge on any atom is -0.352 e. The molecular formula is C11H17N3S. The molecule has 3 nitrogen and oxygen atoms in total. The molecule has 1 aliphatic heterocycles. The van der Waals surface area contributed by atoms with Gasteiger partial charge in [0.2, 0.25) is 0 Å². The highest BCUT2D eigenvalue weighted by atomic mass is 32.2. The van der Waals surface area contributed by atoms with Gasteiger partial charge >= 0.3 is 0 Å². The van der Waals surface area contributed by atoms with E-state index < -0.39 is 0 Å². The van der Waals surface area contributed by atoms with E-state index in [0.717, 1.165) is 18.1 Å². The van der Waals surface area contributed by atoms with Crippen LogP contribution in [0.2, 0.25) is 0 Å². The molecule has 15 heavy (non-hydrogen) atoms. The average molecular weight is 223 g/mol. The van der Waals surface area contributed by atoms with E-state index in [4.69, 9.17) is 5.73 Å². The van der Waals surface area contributed by atoms with Crippen molar-refractivity contribution in [3.05, 3.63) is 23.9 Å². The van der Waals surface area contributed by atoms with Crippen LogP contribution in [-0.4, -0.2) is 29.1 Å². The first-order chi connectivity index (χ1) is 7.31. The van der Waals surface area contributed by atoms with E-state index in [1.807, 2.05) is 23.9 Å². The first-order valence-electron chi connectivity index (χ1n) is 5.31. The van der Waals surface area contributed by atoms with Crippen LogP contribution in [0.5, 0.6) is 0 Å². The lowest BCUT2D eigenvalue weighted by Crippen LogP contribution is -2.41. The molecule has 82 valence electrons. The molecule has 0 aliphatic carbocycles. The van der Waals surface area contributed by atoms with Crippen molar-refractivity contribution in [3.63, 3.8) is 0 Å². The molecule has 0 radical (unpaired) electrons. The Morgan fingerprint density at radius 2 is 2.47 bits per heavy atom. The highest BCUT2D eigenvalue weighted by Gasteiger charge is 2.19. The lowest BCUT2D eigenvalue weighted by atomic mass is 10.2. The molecule has 0 saturated carbocycles. The number of pyridine rings is 1. The molecule has 1 saturated heterocycles. The van der Waals surface area contributed by atoms with Crippen LogP contribution >= 0.6 is 11.8 Å². The topological polar surface area (TPSA) is 42.1 Å². The number of nitrogens with two attached hydrogens (primary N) is 1. The van der Waals surface area contributed by atoms with Crippen LogP contribution in [0, 0.1) is 0 Å². The van der Waals surface area contributed by atoms with Gasteiger partial charge in [0.05, 0.1) is 5.69 Å². The largest absolute Gasteiger partial charge is 0.352 e. The summed E-state index contributed by atoms with van der Waals surface area (Å²) in [6.45, 7) is 3.86. The lowest BCUT2D eigenvalue weighted by molar-refractivity contribution is 0.687. The van der Waals surface area contributed by atoms with Gasteiger partial charge in [-0.05, 0) is 19.1 Å². The van der Waals surface area contributed by atoms with Crippen molar-refractivity contribution in [2.24, 2.45) is 5.73 Å². The molecule has 0 spiro atoms. The van der Waals surface area contributed by atoms with E-state index in [0.29, 0.717) is 12.6 Å². The van der Waals surface area contributed by atoms with Gasteiger partial charge in [0.1, 0.15) is 5.82 Å².